The van der Waals surface area contributed by atoms with Crippen molar-refractivity contribution in [3.63, 3.8) is 0 Å². The van der Waals surface area contributed by atoms with Crippen LogP contribution in [0.1, 0.15) is 46.0 Å². The van der Waals surface area contributed by atoms with Crippen molar-refractivity contribution in [1.29, 1.82) is 0 Å². The van der Waals surface area contributed by atoms with Crippen molar-refractivity contribution in [2.45, 2.75) is 59.2 Å². The van der Waals surface area contributed by atoms with E-state index in [2.05, 4.69) is 45.8 Å². The molecule has 2 rings (SSSR count). The number of carbonyl (C=O) groups excluding carboxylic acids is 1. The summed E-state index contributed by atoms with van der Waals surface area (Å²) in [5.41, 5.74) is 2.24. The van der Waals surface area contributed by atoms with E-state index in [-0.39, 0.29) is 17.4 Å². The Balaban J connectivity index is 2.33. The molecule has 1 amide bonds. The molecule has 4 heteroatoms. The molecule has 0 saturated heterocycles. The molecule has 0 aliphatic carbocycles. The SMILES string of the molecule is CC(C)N1Cc2cc(C(C)(C)C)nn2CC1=O. The predicted molar refractivity (Wildman–Crippen MR) is 66.6 cm³/mol. The number of hydrogen-bond donors (Lipinski definition) is 0. The Labute approximate surface area is 103 Å². The van der Waals surface area contributed by atoms with E-state index >= 15 is 0 Å². The molecule has 17 heavy (non-hydrogen) atoms. The monoisotopic (exact) mass is 235 g/mol. The van der Waals surface area contributed by atoms with Crippen LogP contribution in [0.5, 0.6) is 0 Å². The van der Waals surface area contributed by atoms with Crippen LogP contribution in [0.25, 0.3) is 0 Å². The second-order valence-electron chi connectivity index (χ2n) is 6.04. The van der Waals surface area contributed by atoms with Gasteiger partial charge in [-0.3, -0.25) is 9.48 Å². The lowest BCUT2D eigenvalue weighted by molar-refractivity contribution is -0.136. The van der Waals surface area contributed by atoms with E-state index in [9.17, 15) is 4.79 Å². The highest BCUT2D eigenvalue weighted by atomic mass is 16.2. The first-order valence-electron chi connectivity index (χ1n) is 6.15. The first-order valence-corrected chi connectivity index (χ1v) is 6.15. The van der Waals surface area contributed by atoms with Gasteiger partial charge in [0.25, 0.3) is 0 Å². The Kier molecular flexibility index (Phi) is 2.76. The van der Waals surface area contributed by atoms with Gasteiger partial charge in [-0.15, -0.1) is 0 Å². The molecule has 0 saturated carbocycles. The topological polar surface area (TPSA) is 38.1 Å². The van der Waals surface area contributed by atoms with Crippen LogP contribution in [-0.4, -0.2) is 26.6 Å². The molecule has 2 heterocycles. The molecule has 0 radical (unpaired) electrons. The molecule has 0 fully saturated rings. The quantitative estimate of drug-likeness (QED) is 0.746. The van der Waals surface area contributed by atoms with Crippen molar-refractivity contribution < 1.29 is 4.79 Å². The number of fused-ring (bicyclic) bond motifs is 1. The van der Waals surface area contributed by atoms with Gasteiger partial charge in [-0.05, 0) is 19.9 Å². The first-order chi connectivity index (χ1) is 7.79. The molecule has 1 aliphatic rings. The number of rotatable bonds is 1. The number of hydrogen-bond acceptors (Lipinski definition) is 2. The summed E-state index contributed by atoms with van der Waals surface area (Å²) in [6.07, 6.45) is 0. The molecule has 94 valence electrons. The smallest absolute Gasteiger partial charge is 0.244 e. The third kappa shape index (κ3) is 2.21. The van der Waals surface area contributed by atoms with E-state index in [1.54, 1.807) is 0 Å². The molecule has 0 spiro atoms. The van der Waals surface area contributed by atoms with E-state index in [4.69, 9.17) is 0 Å². The van der Waals surface area contributed by atoms with E-state index < -0.39 is 0 Å². The van der Waals surface area contributed by atoms with Gasteiger partial charge < -0.3 is 4.90 Å². The van der Waals surface area contributed by atoms with Crippen LogP contribution in [0.2, 0.25) is 0 Å². The van der Waals surface area contributed by atoms with Gasteiger partial charge in [-0.25, -0.2) is 0 Å². The van der Waals surface area contributed by atoms with Crippen LogP contribution < -0.4 is 0 Å². The summed E-state index contributed by atoms with van der Waals surface area (Å²) in [5.74, 6) is 0.163. The molecule has 0 aromatic carbocycles. The van der Waals surface area contributed by atoms with Gasteiger partial charge in [-0.2, -0.15) is 5.10 Å². The van der Waals surface area contributed by atoms with Crippen LogP contribution in [0, 0.1) is 0 Å². The van der Waals surface area contributed by atoms with Gasteiger partial charge in [0.15, 0.2) is 0 Å². The van der Waals surface area contributed by atoms with Crippen LogP contribution in [0.4, 0.5) is 0 Å². The summed E-state index contributed by atoms with van der Waals surface area (Å²) in [6.45, 7) is 11.6. The van der Waals surface area contributed by atoms with Crippen molar-refractivity contribution in [3.05, 3.63) is 17.5 Å². The molecule has 0 N–H and O–H groups in total. The highest BCUT2D eigenvalue weighted by molar-refractivity contribution is 5.77. The molecule has 1 aliphatic heterocycles. The number of nitrogens with zero attached hydrogens (tertiary/aromatic N) is 3. The summed E-state index contributed by atoms with van der Waals surface area (Å²) < 4.78 is 1.85. The average molecular weight is 235 g/mol. The largest absolute Gasteiger partial charge is 0.333 e. The molecule has 1 aromatic rings. The van der Waals surface area contributed by atoms with Crippen LogP contribution in [0.15, 0.2) is 6.07 Å². The fourth-order valence-electron chi connectivity index (χ4n) is 2.04. The van der Waals surface area contributed by atoms with Crippen LogP contribution in [0.3, 0.4) is 0 Å². The minimum Gasteiger partial charge on any atom is -0.333 e. The van der Waals surface area contributed by atoms with Gasteiger partial charge in [0, 0.05) is 11.5 Å². The van der Waals surface area contributed by atoms with E-state index in [0.717, 1.165) is 11.4 Å². The van der Waals surface area contributed by atoms with Crippen molar-refractivity contribution >= 4 is 5.91 Å². The molecule has 0 unspecified atom stereocenters. The second kappa shape index (κ2) is 3.86. The highest BCUT2D eigenvalue weighted by Gasteiger charge is 2.28. The Morgan fingerprint density at radius 1 is 1.29 bits per heavy atom. The van der Waals surface area contributed by atoms with Gasteiger partial charge in [0.05, 0.1) is 17.9 Å². The minimum absolute atomic E-state index is 0.0377. The zero-order valence-electron chi connectivity index (χ0n) is 11.3. The average Bonchev–Trinajstić information content (AvgIpc) is 2.58. The molecule has 1 aromatic heterocycles. The van der Waals surface area contributed by atoms with Crippen molar-refractivity contribution in [3.8, 4) is 0 Å². The van der Waals surface area contributed by atoms with Crippen molar-refractivity contribution in [2.24, 2.45) is 0 Å². The Morgan fingerprint density at radius 2 is 1.94 bits per heavy atom. The van der Waals surface area contributed by atoms with E-state index in [0.29, 0.717) is 13.1 Å². The van der Waals surface area contributed by atoms with Crippen LogP contribution >= 0.6 is 0 Å². The normalized spacial score (nSPS) is 16.6. The van der Waals surface area contributed by atoms with Crippen LogP contribution in [-0.2, 0) is 23.3 Å². The lowest BCUT2D eigenvalue weighted by atomic mass is 9.92. The maximum Gasteiger partial charge on any atom is 0.244 e. The summed E-state index contributed by atoms with van der Waals surface area (Å²) >= 11 is 0. The minimum atomic E-state index is 0.0377. The molecule has 0 bridgehead atoms. The Morgan fingerprint density at radius 3 is 2.47 bits per heavy atom. The lowest BCUT2D eigenvalue weighted by Gasteiger charge is -2.30. The van der Waals surface area contributed by atoms with E-state index in [1.165, 1.54) is 0 Å². The molecular weight excluding hydrogens is 214 g/mol. The fraction of sp³-hybridized carbons (Fsp3) is 0.692. The first kappa shape index (κ1) is 12.1. The van der Waals surface area contributed by atoms with Gasteiger partial charge >= 0.3 is 0 Å². The van der Waals surface area contributed by atoms with Gasteiger partial charge in [-0.1, -0.05) is 20.8 Å². The summed E-state index contributed by atoms with van der Waals surface area (Å²) in [4.78, 5) is 13.8. The predicted octanol–water partition coefficient (Wildman–Crippen LogP) is 1.93. The van der Waals surface area contributed by atoms with Gasteiger partial charge in [0.2, 0.25) is 5.91 Å². The molecule has 0 atom stereocenters. The zero-order chi connectivity index (χ0) is 12.8. The van der Waals surface area contributed by atoms with E-state index in [1.807, 2.05) is 9.58 Å². The zero-order valence-corrected chi connectivity index (χ0v) is 11.3. The number of aromatic nitrogens is 2. The fourth-order valence-corrected chi connectivity index (χ4v) is 2.04. The summed E-state index contributed by atoms with van der Waals surface area (Å²) in [6, 6.07) is 2.38. The standard InChI is InChI=1S/C13H21N3O/c1-9(2)15-7-10-6-11(13(3,4)5)14-16(10)8-12(15)17/h6,9H,7-8H2,1-5H3. The molecule has 4 nitrogen and oxygen atoms in total. The van der Waals surface area contributed by atoms with Gasteiger partial charge in [0.1, 0.15) is 6.54 Å². The highest BCUT2D eigenvalue weighted by Crippen LogP contribution is 2.24. The third-order valence-corrected chi connectivity index (χ3v) is 3.19. The Hall–Kier alpha value is -1.32. The Bertz CT molecular complexity index is 440. The lowest BCUT2D eigenvalue weighted by Crippen LogP contribution is -2.43. The number of amides is 1. The maximum atomic E-state index is 11.9. The van der Waals surface area contributed by atoms with Crippen molar-refractivity contribution in [2.75, 3.05) is 0 Å². The number of carbonyl (C=O) groups is 1. The molecular formula is C13H21N3O. The van der Waals surface area contributed by atoms with Crippen molar-refractivity contribution in [1.82, 2.24) is 14.7 Å². The second-order valence-corrected chi connectivity index (χ2v) is 6.04. The summed E-state index contributed by atoms with van der Waals surface area (Å²) in [7, 11) is 0. The maximum absolute atomic E-state index is 11.9. The third-order valence-electron chi connectivity index (χ3n) is 3.19. The summed E-state index contributed by atoms with van der Waals surface area (Å²) in [5, 5.41) is 4.54.